The summed E-state index contributed by atoms with van der Waals surface area (Å²) in [6, 6.07) is 8.93. The lowest BCUT2D eigenvalue weighted by Gasteiger charge is -2.53. The fourth-order valence-electron chi connectivity index (χ4n) is 7.40. The van der Waals surface area contributed by atoms with E-state index in [1.165, 1.54) is 24.0 Å². The van der Waals surface area contributed by atoms with Crippen LogP contribution in [-0.2, 0) is 12.8 Å². The number of hydrogen-bond acceptors (Lipinski definition) is 2. The minimum atomic E-state index is -0.554. The van der Waals surface area contributed by atoms with Crippen molar-refractivity contribution in [3.8, 4) is 0 Å². The number of hydrogen-bond donors (Lipinski definition) is 1. The van der Waals surface area contributed by atoms with Gasteiger partial charge in [-0.05, 0) is 81.6 Å². The number of benzene rings is 1. The van der Waals surface area contributed by atoms with Crippen LogP contribution in [0.15, 0.2) is 24.3 Å². The monoisotopic (exact) mass is 341 g/mol. The van der Waals surface area contributed by atoms with Crippen LogP contribution in [-0.4, -0.2) is 36.2 Å². The molecule has 4 rings (SSSR count). The van der Waals surface area contributed by atoms with Crippen molar-refractivity contribution in [1.29, 1.82) is 0 Å². The molecule has 1 aromatic rings. The van der Waals surface area contributed by atoms with Crippen LogP contribution in [0, 0.1) is 22.2 Å². The first kappa shape index (κ1) is 17.5. The molecule has 0 aliphatic heterocycles. The van der Waals surface area contributed by atoms with Gasteiger partial charge >= 0.3 is 0 Å². The Morgan fingerprint density at radius 2 is 1.68 bits per heavy atom. The van der Waals surface area contributed by atoms with Crippen LogP contribution in [0.5, 0.6) is 0 Å². The molecule has 3 aliphatic rings. The van der Waals surface area contributed by atoms with E-state index in [0.717, 1.165) is 32.2 Å². The molecular weight excluding hydrogens is 306 g/mol. The average molecular weight is 342 g/mol. The van der Waals surface area contributed by atoms with Gasteiger partial charge in [-0.25, -0.2) is 0 Å². The van der Waals surface area contributed by atoms with Crippen molar-refractivity contribution in [1.82, 2.24) is 4.90 Å². The summed E-state index contributed by atoms with van der Waals surface area (Å²) in [6.45, 7) is 8.35. The lowest BCUT2D eigenvalue weighted by Crippen LogP contribution is -2.58. The minimum absolute atomic E-state index is 0.0268. The number of fused-ring (bicyclic) bond motifs is 4. The highest BCUT2D eigenvalue weighted by Crippen LogP contribution is 2.79. The van der Waals surface area contributed by atoms with Gasteiger partial charge in [-0.3, -0.25) is 0 Å². The van der Waals surface area contributed by atoms with Crippen LogP contribution in [0.1, 0.15) is 57.6 Å². The summed E-state index contributed by atoms with van der Waals surface area (Å²) >= 11 is 0. The van der Waals surface area contributed by atoms with Crippen LogP contribution in [0.3, 0.4) is 0 Å². The molecule has 0 aromatic heterocycles. The van der Waals surface area contributed by atoms with Gasteiger partial charge in [-0.1, -0.05) is 45.0 Å². The highest BCUT2D eigenvalue weighted by atomic mass is 16.3. The largest absolute Gasteiger partial charge is 0.389 e. The first-order chi connectivity index (χ1) is 11.7. The van der Waals surface area contributed by atoms with Gasteiger partial charge in [0, 0.05) is 10.8 Å². The van der Waals surface area contributed by atoms with E-state index in [4.69, 9.17) is 0 Å². The first-order valence-electron chi connectivity index (χ1n) is 10.1. The zero-order valence-corrected chi connectivity index (χ0v) is 16.7. The molecule has 3 atom stereocenters. The van der Waals surface area contributed by atoms with Gasteiger partial charge in [-0.2, -0.15) is 0 Å². The first-order valence-corrected chi connectivity index (χ1v) is 10.1. The van der Waals surface area contributed by atoms with Crippen molar-refractivity contribution in [2.24, 2.45) is 22.2 Å². The van der Waals surface area contributed by atoms with Gasteiger partial charge in [0.05, 0.1) is 5.60 Å². The van der Waals surface area contributed by atoms with Gasteiger partial charge in [-0.15, -0.1) is 0 Å². The third-order valence-corrected chi connectivity index (χ3v) is 8.90. The van der Waals surface area contributed by atoms with E-state index >= 15 is 0 Å². The Morgan fingerprint density at radius 3 is 2.24 bits per heavy atom. The smallest absolute Gasteiger partial charge is 0.0771 e. The number of aliphatic hydroxyl groups is 1. The van der Waals surface area contributed by atoms with Crippen molar-refractivity contribution in [3.63, 3.8) is 0 Å². The van der Waals surface area contributed by atoms with Crippen molar-refractivity contribution in [2.45, 2.75) is 64.9 Å². The summed E-state index contributed by atoms with van der Waals surface area (Å²) in [5, 5.41) is 12.4. The van der Waals surface area contributed by atoms with E-state index in [1.807, 2.05) is 0 Å². The Labute approximate surface area is 153 Å². The van der Waals surface area contributed by atoms with Crippen LogP contribution in [0.25, 0.3) is 0 Å². The molecule has 0 saturated heterocycles. The van der Waals surface area contributed by atoms with Crippen LogP contribution in [0.2, 0.25) is 0 Å². The van der Waals surface area contributed by atoms with Gasteiger partial charge in [0.1, 0.15) is 0 Å². The molecule has 2 bridgehead atoms. The maximum atomic E-state index is 12.4. The summed E-state index contributed by atoms with van der Waals surface area (Å²) in [6.07, 6.45) is 6.64. The fraction of sp³-hybridized carbons (Fsp3) is 0.739. The standard InChI is InChI=1S/C23H35NO/c1-20(2)19-11-13-21(20,3)23(25,12-8-14-24(4)5)22(19)15-17-9-6-7-10-18(17)16-22/h6-7,9-10,19,25H,8,11-16H2,1-5H3/t19-,21+,23+/m0/s1. The lowest BCUT2D eigenvalue weighted by molar-refractivity contribution is -0.165. The number of rotatable bonds is 4. The Bertz CT molecular complexity index is 653. The molecule has 2 nitrogen and oxygen atoms in total. The second kappa shape index (κ2) is 5.33. The van der Waals surface area contributed by atoms with Crippen LogP contribution >= 0.6 is 0 Å². The fourth-order valence-corrected chi connectivity index (χ4v) is 7.40. The SMILES string of the molecule is CN(C)CCC[C@]1(O)C2(Cc3ccccc3C2)[C@H]2CC[C@]1(C)C2(C)C. The molecule has 2 saturated carbocycles. The molecule has 1 spiro atoms. The maximum Gasteiger partial charge on any atom is 0.0771 e. The van der Waals surface area contributed by atoms with Crippen molar-refractivity contribution < 1.29 is 5.11 Å². The lowest BCUT2D eigenvalue weighted by atomic mass is 9.55. The molecule has 2 heteroatoms. The third kappa shape index (κ3) is 1.99. The molecule has 3 aliphatic carbocycles. The summed E-state index contributed by atoms with van der Waals surface area (Å²) in [7, 11) is 4.27. The van der Waals surface area contributed by atoms with E-state index in [9.17, 15) is 5.11 Å². The zero-order valence-electron chi connectivity index (χ0n) is 16.7. The van der Waals surface area contributed by atoms with Gasteiger partial charge in [0.2, 0.25) is 0 Å². The van der Waals surface area contributed by atoms with Crippen LogP contribution in [0.4, 0.5) is 0 Å². The van der Waals surface area contributed by atoms with Crippen molar-refractivity contribution in [3.05, 3.63) is 35.4 Å². The molecule has 0 amide bonds. The van der Waals surface area contributed by atoms with Crippen molar-refractivity contribution >= 4 is 0 Å². The van der Waals surface area contributed by atoms with Gasteiger partial charge in [0.15, 0.2) is 0 Å². The topological polar surface area (TPSA) is 23.5 Å². The Morgan fingerprint density at radius 1 is 1.08 bits per heavy atom. The molecule has 0 unspecified atom stereocenters. The molecular formula is C23H35NO. The molecule has 0 heterocycles. The predicted octanol–water partition coefficient (Wildman–Crippen LogP) is 4.30. The Kier molecular flexibility index (Phi) is 3.74. The zero-order chi connectivity index (χ0) is 18.1. The molecule has 1 aromatic carbocycles. The third-order valence-electron chi connectivity index (χ3n) is 8.90. The van der Waals surface area contributed by atoms with E-state index in [2.05, 4.69) is 64.0 Å². The van der Waals surface area contributed by atoms with Crippen LogP contribution < -0.4 is 0 Å². The Hall–Kier alpha value is -0.860. The molecule has 0 radical (unpaired) electrons. The normalized spacial score (nSPS) is 37.2. The Balaban J connectivity index is 1.77. The maximum absolute atomic E-state index is 12.4. The predicted molar refractivity (Wildman–Crippen MR) is 104 cm³/mol. The summed E-state index contributed by atoms with van der Waals surface area (Å²) in [5.74, 6) is 0.627. The van der Waals surface area contributed by atoms with E-state index in [-0.39, 0.29) is 16.2 Å². The molecule has 2 fully saturated rings. The quantitative estimate of drug-likeness (QED) is 0.882. The summed E-state index contributed by atoms with van der Waals surface area (Å²) in [4.78, 5) is 2.25. The molecule has 1 N–H and O–H groups in total. The highest BCUT2D eigenvalue weighted by Gasteiger charge is 2.79. The average Bonchev–Trinajstić information content (AvgIpc) is 3.06. The summed E-state index contributed by atoms with van der Waals surface area (Å²) in [5.41, 5.74) is 2.70. The van der Waals surface area contributed by atoms with Gasteiger partial charge in [0.25, 0.3) is 0 Å². The number of nitrogens with zero attached hydrogens (tertiary/aromatic N) is 1. The molecule has 25 heavy (non-hydrogen) atoms. The van der Waals surface area contributed by atoms with E-state index in [1.54, 1.807) is 0 Å². The van der Waals surface area contributed by atoms with E-state index < -0.39 is 5.60 Å². The van der Waals surface area contributed by atoms with Gasteiger partial charge < -0.3 is 10.0 Å². The minimum Gasteiger partial charge on any atom is -0.389 e. The second-order valence-electron chi connectivity index (χ2n) is 10.2. The van der Waals surface area contributed by atoms with E-state index in [0.29, 0.717) is 5.92 Å². The molecule has 138 valence electrons. The second-order valence-corrected chi connectivity index (χ2v) is 10.2. The summed E-state index contributed by atoms with van der Waals surface area (Å²) < 4.78 is 0. The highest BCUT2D eigenvalue weighted by molar-refractivity contribution is 5.41. The van der Waals surface area contributed by atoms with Crippen molar-refractivity contribution in [2.75, 3.05) is 20.6 Å².